The summed E-state index contributed by atoms with van der Waals surface area (Å²) in [4.78, 5) is 31.0. The van der Waals surface area contributed by atoms with Crippen molar-refractivity contribution in [2.75, 3.05) is 37.0 Å². The third kappa shape index (κ3) is 3.93. The van der Waals surface area contributed by atoms with Gasteiger partial charge in [-0.1, -0.05) is 18.2 Å². The molecule has 2 aromatic rings. The van der Waals surface area contributed by atoms with Crippen molar-refractivity contribution in [1.29, 1.82) is 0 Å². The molecule has 1 saturated carbocycles. The lowest BCUT2D eigenvalue weighted by molar-refractivity contribution is -0.117. The molecule has 7 nitrogen and oxygen atoms in total. The van der Waals surface area contributed by atoms with Gasteiger partial charge >= 0.3 is 0 Å². The highest BCUT2D eigenvalue weighted by Crippen LogP contribution is 2.35. The van der Waals surface area contributed by atoms with Crippen LogP contribution in [0.2, 0.25) is 0 Å². The van der Waals surface area contributed by atoms with E-state index in [9.17, 15) is 9.59 Å². The number of carbonyl (C=O) groups is 2. The van der Waals surface area contributed by atoms with Gasteiger partial charge in [-0.3, -0.25) is 9.59 Å². The summed E-state index contributed by atoms with van der Waals surface area (Å²) in [6.45, 7) is 1.44. The Bertz CT molecular complexity index is 895. The molecule has 7 heteroatoms. The van der Waals surface area contributed by atoms with E-state index in [4.69, 9.17) is 4.74 Å². The number of amides is 2. The molecule has 2 aliphatic rings. The maximum atomic E-state index is 12.6. The lowest BCUT2D eigenvalue weighted by Gasteiger charge is -2.29. The highest BCUT2D eigenvalue weighted by Gasteiger charge is 2.32. The molecule has 1 fully saturated rings. The Morgan fingerprint density at radius 3 is 2.96 bits per heavy atom. The van der Waals surface area contributed by atoms with Crippen LogP contribution < -0.4 is 20.3 Å². The Labute approximate surface area is 164 Å². The third-order valence-corrected chi connectivity index (χ3v) is 5.14. The Kier molecular flexibility index (Phi) is 5.14. The van der Waals surface area contributed by atoms with Crippen LogP contribution >= 0.6 is 0 Å². The number of anilines is 2. The number of ether oxygens (including phenoxy) is 1. The first-order valence-corrected chi connectivity index (χ1v) is 9.60. The summed E-state index contributed by atoms with van der Waals surface area (Å²) < 4.78 is 5.34. The maximum absolute atomic E-state index is 12.6. The number of hydrogen-bond acceptors (Lipinski definition) is 5. The minimum absolute atomic E-state index is 0.0231. The van der Waals surface area contributed by atoms with Gasteiger partial charge in [-0.05, 0) is 42.9 Å². The fourth-order valence-corrected chi connectivity index (χ4v) is 3.39. The van der Waals surface area contributed by atoms with Crippen molar-refractivity contribution in [1.82, 2.24) is 10.3 Å². The van der Waals surface area contributed by atoms with Crippen molar-refractivity contribution in [3.05, 3.63) is 47.7 Å². The van der Waals surface area contributed by atoms with E-state index in [-0.39, 0.29) is 18.4 Å². The number of fused-ring (bicyclic) bond motifs is 1. The zero-order valence-electron chi connectivity index (χ0n) is 15.9. The van der Waals surface area contributed by atoms with E-state index < -0.39 is 0 Å². The topological polar surface area (TPSA) is 83.6 Å². The smallest absolute Gasteiger partial charge is 0.252 e. The van der Waals surface area contributed by atoms with Crippen molar-refractivity contribution < 1.29 is 14.3 Å². The van der Waals surface area contributed by atoms with Gasteiger partial charge in [0.2, 0.25) is 5.91 Å². The molecule has 2 N–H and O–H groups in total. The summed E-state index contributed by atoms with van der Waals surface area (Å²) in [6.07, 6.45) is 4.53. The van der Waals surface area contributed by atoms with Gasteiger partial charge in [-0.25, -0.2) is 4.98 Å². The Morgan fingerprint density at radius 2 is 2.18 bits per heavy atom. The third-order valence-electron chi connectivity index (χ3n) is 5.14. The van der Waals surface area contributed by atoms with Crippen LogP contribution in [0, 0.1) is 5.92 Å². The molecule has 1 aliphatic carbocycles. The number of pyridine rings is 1. The second-order valence-corrected chi connectivity index (χ2v) is 7.21. The monoisotopic (exact) mass is 380 g/mol. The molecule has 1 aromatic heterocycles. The molecule has 2 heterocycles. The van der Waals surface area contributed by atoms with Crippen LogP contribution in [0.3, 0.4) is 0 Å². The lowest BCUT2D eigenvalue weighted by Crippen LogP contribution is -2.41. The van der Waals surface area contributed by atoms with E-state index in [2.05, 4.69) is 15.6 Å². The molecule has 0 radical (unpaired) electrons. The number of nitrogens with zero attached hydrogens (tertiary/aromatic N) is 2. The average Bonchev–Trinajstić information content (AvgIpc) is 3.54. The SMILES string of the molecule is COc1ccccc1CCNC(=O)c1cnc2c(c1)N(CC1CC1)C(=O)CN2. The summed E-state index contributed by atoms with van der Waals surface area (Å²) in [7, 11) is 1.64. The van der Waals surface area contributed by atoms with Crippen molar-refractivity contribution in [3.8, 4) is 5.75 Å². The van der Waals surface area contributed by atoms with E-state index >= 15 is 0 Å². The maximum Gasteiger partial charge on any atom is 0.252 e. The summed E-state index contributed by atoms with van der Waals surface area (Å²) in [5.74, 6) is 1.86. The average molecular weight is 380 g/mol. The first-order chi connectivity index (χ1) is 13.7. The molecular weight excluding hydrogens is 356 g/mol. The van der Waals surface area contributed by atoms with Crippen LogP contribution in [-0.2, 0) is 11.2 Å². The zero-order valence-corrected chi connectivity index (χ0v) is 15.9. The quantitative estimate of drug-likeness (QED) is 0.770. The standard InChI is InChI=1S/C21H24N4O3/c1-28-18-5-3-2-4-15(18)8-9-22-21(27)16-10-17-20(23-11-16)24-12-19(26)25(17)13-14-6-7-14/h2-5,10-11,14H,6-9,12-13H2,1H3,(H,22,27)(H,23,24). The first-order valence-electron chi connectivity index (χ1n) is 9.60. The van der Waals surface area contributed by atoms with Gasteiger partial charge in [-0.2, -0.15) is 0 Å². The first kappa shape index (κ1) is 18.3. The number of carbonyl (C=O) groups excluding carboxylic acids is 2. The molecule has 0 bridgehead atoms. The number of methoxy groups -OCH3 is 1. The highest BCUT2D eigenvalue weighted by atomic mass is 16.5. The molecule has 0 saturated heterocycles. The number of aromatic nitrogens is 1. The van der Waals surface area contributed by atoms with E-state index in [0.717, 1.165) is 24.2 Å². The second kappa shape index (κ2) is 7.88. The minimum Gasteiger partial charge on any atom is -0.496 e. The van der Waals surface area contributed by atoms with Crippen LogP contribution in [0.15, 0.2) is 36.5 Å². The molecule has 4 rings (SSSR count). The lowest BCUT2D eigenvalue weighted by atomic mass is 10.1. The molecule has 0 spiro atoms. The predicted octanol–water partition coefficient (Wildman–Crippen LogP) is 2.23. The summed E-state index contributed by atoms with van der Waals surface area (Å²) in [6, 6.07) is 9.52. The fourth-order valence-electron chi connectivity index (χ4n) is 3.39. The molecular formula is C21H24N4O3. The molecule has 0 unspecified atom stereocenters. The normalized spacial score (nSPS) is 15.6. The number of nitrogens with one attached hydrogen (secondary N) is 2. The molecule has 1 aromatic carbocycles. The largest absolute Gasteiger partial charge is 0.496 e. The van der Waals surface area contributed by atoms with Crippen molar-refractivity contribution in [2.24, 2.45) is 5.92 Å². The van der Waals surface area contributed by atoms with Gasteiger partial charge in [0.15, 0.2) is 0 Å². The summed E-state index contributed by atoms with van der Waals surface area (Å²) in [5.41, 5.74) is 2.19. The summed E-state index contributed by atoms with van der Waals surface area (Å²) in [5, 5.41) is 5.96. The molecule has 2 amide bonds. The zero-order chi connectivity index (χ0) is 19.5. The van der Waals surface area contributed by atoms with E-state index in [0.29, 0.717) is 42.5 Å². The van der Waals surface area contributed by atoms with Gasteiger partial charge in [0, 0.05) is 19.3 Å². The van der Waals surface area contributed by atoms with Crippen molar-refractivity contribution in [3.63, 3.8) is 0 Å². The van der Waals surface area contributed by atoms with Gasteiger partial charge < -0.3 is 20.3 Å². The molecule has 28 heavy (non-hydrogen) atoms. The summed E-state index contributed by atoms with van der Waals surface area (Å²) >= 11 is 0. The molecule has 1 aliphatic heterocycles. The van der Waals surface area contributed by atoms with Crippen LogP contribution in [0.25, 0.3) is 0 Å². The van der Waals surface area contributed by atoms with Gasteiger partial charge in [0.05, 0.1) is 24.9 Å². The number of benzene rings is 1. The Hall–Kier alpha value is -3.09. The highest BCUT2D eigenvalue weighted by molar-refractivity contribution is 6.04. The Morgan fingerprint density at radius 1 is 1.36 bits per heavy atom. The van der Waals surface area contributed by atoms with E-state index in [1.54, 1.807) is 24.3 Å². The number of para-hydroxylation sites is 1. The van der Waals surface area contributed by atoms with Crippen molar-refractivity contribution >= 4 is 23.3 Å². The predicted molar refractivity (Wildman–Crippen MR) is 107 cm³/mol. The van der Waals surface area contributed by atoms with Gasteiger partial charge in [0.25, 0.3) is 5.91 Å². The van der Waals surface area contributed by atoms with Crippen LogP contribution in [0.1, 0.15) is 28.8 Å². The molecule has 146 valence electrons. The van der Waals surface area contributed by atoms with E-state index in [1.165, 1.54) is 0 Å². The van der Waals surface area contributed by atoms with Crippen LogP contribution in [0.4, 0.5) is 11.5 Å². The number of rotatable bonds is 7. The van der Waals surface area contributed by atoms with Gasteiger partial charge in [0.1, 0.15) is 11.6 Å². The Balaban J connectivity index is 1.43. The van der Waals surface area contributed by atoms with Crippen molar-refractivity contribution in [2.45, 2.75) is 19.3 Å². The number of hydrogen-bond donors (Lipinski definition) is 2. The molecule has 0 atom stereocenters. The second-order valence-electron chi connectivity index (χ2n) is 7.21. The van der Waals surface area contributed by atoms with E-state index in [1.807, 2.05) is 24.3 Å². The van der Waals surface area contributed by atoms with Crippen LogP contribution in [-0.4, -0.2) is 43.5 Å². The minimum atomic E-state index is -0.199. The fraction of sp³-hybridized carbons (Fsp3) is 0.381. The van der Waals surface area contributed by atoms with Crippen LogP contribution in [0.5, 0.6) is 5.75 Å². The van der Waals surface area contributed by atoms with Gasteiger partial charge in [-0.15, -0.1) is 0 Å².